The van der Waals surface area contributed by atoms with E-state index in [1.165, 1.54) is 25.7 Å². The molecule has 6 unspecified atom stereocenters. The normalized spacial score (nSPS) is 36.5. The Labute approximate surface area is 156 Å². The van der Waals surface area contributed by atoms with E-state index in [4.69, 9.17) is 0 Å². The van der Waals surface area contributed by atoms with Gasteiger partial charge in [-0.15, -0.1) is 0 Å². The lowest BCUT2D eigenvalue weighted by atomic mass is 9.69. The Morgan fingerprint density at radius 3 is 1.60 bits per heavy atom. The monoisotopic (exact) mass is 347 g/mol. The Balaban J connectivity index is 2.38. The SMILES string of the molecule is C=CC(=O)N(C1CC(C)CCC1C(C)C)C1CC(C)CCC1C(C)C. The summed E-state index contributed by atoms with van der Waals surface area (Å²) in [6.07, 6.45) is 9.05. The molecule has 2 rings (SSSR count). The Morgan fingerprint density at radius 1 is 0.880 bits per heavy atom. The Kier molecular flexibility index (Phi) is 7.17. The van der Waals surface area contributed by atoms with Gasteiger partial charge >= 0.3 is 0 Å². The third kappa shape index (κ3) is 4.68. The Bertz CT molecular complexity index is 423. The number of rotatable bonds is 5. The summed E-state index contributed by atoms with van der Waals surface area (Å²) in [5, 5.41) is 0. The van der Waals surface area contributed by atoms with Crippen LogP contribution in [0.25, 0.3) is 0 Å². The van der Waals surface area contributed by atoms with Gasteiger partial charge in [0, 0.05) is 12.1 Å². The molecule has 6 atom stereocenters. The van der Waals surface area contributed by atoms with E-state index in [-0.39, 0.29) is 5.91 Å². The summed E-state index contributed by atoms with van der Waals surface area (Å²) in [6.45, 7) is 18.0. The zero-order valence-electron chi connectivity index (χ0n) is 17.5. The molecule has 144 valence electrons. The van der Waals surface area contributed by atoms with Crippen LogP contribution in [0.15, 0.2) is 12.7 Å². The first-order valence-electron chi connectivity index (χ1n) is 10.7. The summed E-state index contributed by atoms with van der Waals surface area (Å²) in [7, 11) is 0. The molecule has 0 N–H and O–H groups in total. The van der Waals surface area contributed by atoms with Crippen molar-refractivity contribution < 1.29 is 4.79 Å². The summed E-state index contributed by atoms with van der Waals surface area (Å²) in [4.78, 5) is 15.4. The van der Waals surface area contributed by atoms with Gasteiger partial charge in [0.15, 0.2) is 0 Å². The second-order valence-corrected chi connectivity index (χ2v) is 9.74. The lowest BCUT2D eigenvalue weighted by molar-refractivity contribution is -0.138. The molecule has 2 aliphatic carbocycles. The number of amides is 1. The van der Waals surface area contributed by atoms with Gasteiger partial charge in [0.25, 0.3) is 0 Å². The van der Waals surface area contributed by atoms with Crippen molar-refractivity contribution in [3.8, 4) is 0 Å². The summed E-state index contributed by atoms with van der Waals surface area (Å²) < 4.78 is 0. The van der Waals surface area contributed by atoms with Gasteiger partial charge in [0.1, 0.15) is 0 Å². The fourth-order valence-electron chi connectivity index (χ4n) is 5.62. The van der Waals surface area contributed by atoms with Crippen molar-refractivity contribution in [3.05, 3.63) is 12.7 Å². The summed E-state index contributed by atoms with van der Waals surface area (Å²) in [6, 6.07) is 0.789. The zero-order valence-corrected chi connectivity index (χ0v) is 17.5. The van der Waals surface area contributed by atoms with E-state index in [0.29, 0.717) is 35.8 Å². The van der Waals surface area contributed by atoms with E-state index < -0.39 is 0 Å². The molecule has 2 fully saturated rings. The molecule has 2 heteroatoms. The van der Waals surface area contributed by atoms with E-state index in [1.807, 2.05) is 0 Å². The van der Waals surface area contributed by atoms with Crippen molar-refractivity contribution in [3.63, 3.8) is 0 Å². The maximum absolute atomic E-state index is 13.1. The average Bonchev–Trinajstić information content (AvgIpc) is 2.54. The molecule has 0 bridgehead atoms. The van der Waals surface area contributed by atoms with Crippen LogP contribution in [0.4, 0.5) is 0 Å². The largest absolute Gasteiger partial charge is 0.333 e. The summed E-state index contributed by atoms with van der Waals surface area (Å²) in [5.41, 5.74) is 0. The minimum atomic E-state index is 0.175. The molecule has 0 saturated heterocycles. The van der Waals surface area contributed by atoms with Crippen LogP contribution in [-0.2, 0) is 4.79 Å². The topological polar surface area (TPSA) is 20.3 Å². The van der Waals surface area contributed by atoms with Gasteiger partial charge in [-0.2, -0.15) is 0 Å². The van der Waals surface area contributed by atoms with Crippen molar-refractivity contribution in [1.82, 2.24) is 4.90 Å². The van der Waals surface area contributed by atoms with Gasteiger partial charge in [-0.3, -0.25) is 4.79 Å². The predicted molar refractivity (Wildman–Crippen MR) is 107 cm³/mol. The Morgan fingerprint density at radius 2 is 1.28 bits per heavy atom. The molecule has 2 nitrogen and oxygen atoms in total. The fraction of sp³-hybridized carbons (Fsp3) is 0.870. The van der Waals surface area contributed by atoms with Crippen LogP contribution >= 0.6 is 0 Å². The first-order valence-corrected chi connectivity index (χ1v) is 10.7. The Hall–Kier alpha value is -0.790. The standard InChI is InChI=1S/C23H41NO/c1-8-23(25)24(21-13-17(6)9-11-19(21)15(2)3)22-14-18(7)10-12-20(22)16(4)5/h8,15-22H,1,9-14H2,2-7H3. The van der Waals surface area contributed by atoms with E-state index in [9.17, 15) is 4.79 Å². The van der Waals surface area contributed by atoms with Crippen molar-refractivity contribution >= 4 is 5.91 Å². The third-order valence-corrected chi connectivity index (χ3v) is 7.12. The molecular weight excluding hydrogens is 306 g/mol. The van der Waals surface area contributed by atoms with Gasteiger partial charge in [-0.05, 0) is 67.3 Å². The van der Waals surface area contributed by atoms with Crippen molar-refractivity contribution in [2.75, 3.05) is 0 Å². The molecule has 2 aliphatic rings. The van der Waals surface area contributed by atoms with Crippen LogP contribution < -0.4 is 0 Å². The molecule has 25 heavy (non-hydrogen) atoms. The number of nitrogens with zero attached hydrogens (tertiary/aromatic N) is 1. The maximum atomic E-state index is 13.1. The molecule has 0 aliphatic heterocycles. The molecule has 0 aromatic carbocycles. The van der Waals surface area contributed by atoms with Crippen molar-refractivity contribution in [2.24, 2.45) is 35.5 Å². The van der Waals surface area contributed by atoms with Crippen LogP contribution in [0.5, 0.6) is 0 Å². The third-order valence-electron chi connectivity index (χ3n) is 7.12. The predicted octanol–water partition coefficient (Wildman–Crippen LogP) is 5.92. The molecule has 0 radical (unpaired) electrons. The molecule has 0 spiro atoms. The van der Waals surface area contributed by atoms with E-state index >= 15 is 0 Å². The van der Waals surface area contributed by atoms with Gasteiger partial charge < -0.3 is 4.90 Å². The first-order chi connectivity index (χ1) is 11.8. The maximum Gasteiger partial charge on any atom is 0.246 e. The van der Waals surface area contributed by atoms with Crippen molar-refractivity contribution in [2.45, 2.75) is 92.2 Å². The highest BCUT2D eigenvalue weighted by molar-refractivity contribution is 5.87. The smallest absolute Gasteiger partial charge is 0.246 e. The number of hydrogen-bond acceptors (Lipinski definition) is 1. The van der Waals surface area contributed by atoms with E-state index in [2.05, 4.69) is 53.0 Å². The van der Waals surface area contributed by atoms with E-state index in [0.717, 1.165) is 24.7 Å². The van der Waals surface area contributed by atoms with Crippen LogP contribution in [0.2, 0.25) is 0 Å². The summed E-state index contributed by atoms with van der Waals surface area (Å²) in [5.74, 6) is 4.15. The zero-order chi connectivity index (χ0) is 18.7. The van der Waals surface area contributed by atoms with Crippen LogP contribution in [0.1, 0.15) is 80.1 Å². The molecule has 0 heterocycles. The van der Waals surface area contributed by atoms with Crippen molar-refractivity contribution in [1.29, 1.82) is 0 Å². The van der Waals surface area contributed by atoms with Crippen LogP contribution in [-0.4, -0.2) is 22.9 Å². The minimum absolute atomic E-state index is 0.175. The van der Waals surface area contributed by atoms with Gasteiger partial charge in [-0.25, -0.2) is 0 Å². The second kappa shape index (κ2) is 8.73. The highest BCUT2D eigenvalue weighted by Gasteiger charge is 2.43. The highest BCUT2D eigenvalue weighted by atomic mass is 16.2. The second-order valence-electron chi connectivity index (χ2n) is 9.74. The number of carbonyl (C=O) groups is 1. The van der Waals surface area contributed by atoms with E-state index in [1.54, 1.807) is 6.08 Å². The summed E-state index contributed by atoms with van der Waals surface area (Å²) >= 11 is 0. The molecule has 2 saturated carbocycles. The van der Waals surface area contributed by atoms with Crippen LogP contribution in [0.3, 0.4) is 0 Å². The molecule has 1 amide bonds. The quantitative estimate of drug-likeness (QED) is 0.565. The van der Waals surface area contributed by atoms with Gasteiger partial charge in [0.05, 0.1) is 0 Å². The lowest BCUT2D eigenvalue weighted by Gasteiger charge is -2.51. The molecule has 0 aromatic rings. The average molecular weight is 348 g/mol. The number of carbonyl (C=O) groups excluding carboxylic acids is 1. The fourth-order valence-corrected chi connectivity index (χ4v) is 5.62. The van der Waals surface area contributed by atoms with Gasteiger partial charge in [-0.1, -0.05) is 61.0 Å². The lowest BCUT2D eigenvalue weighted by Crippen LogP contribution is -2.57. The minimum Gasteiger partial charge on any atom is -0.333 e. The van der Waals surface area contributed by atoms with Gasteiger partial charge in [0.2, 0.25) is 5.91 Å². The first kappa shape index (κ1) is 20.5. The molecule has 0 aromatic heterocycles. The molecular formula is C23H41NO. The van der Waals surface area contributed by atoms with Crippen LogP contribution in [0, 0.1) is 35.5 Å². The highest BCUT2D eigenvalue weighted by Crippen LogP contribution is 2.43. The number of hydrogen-bond donors (Lipinski definition) is 0.